The van der Waals surface area contributed by atoms with E-state index >= 15 is 0 Å². The lowest BCUT2D eigenvalue weighted by Crippen LogP contribution is -2.07. The molecule has 1 heterocycles. The summed E-state index contributed by atoms with van der Waals surface area (Å²) in [5, 5.41) is 8.36. The van der Waals surface area contributed by atoms with Crippen molar-refractivity contribution in [2.24, 2.45) is 0 Å². The summed E-state index contributed by atoms with van der Waals surface area (Å²) in [6, 6.07) is 10.0. The van der Waals surface area contributed by atoms with Gasteiger partial charge in [-0.2, -0.15) is 18.3 Å². The summed E-state index contributed by atoms with van der Waals surface area (Å²) in [4.78, 5) is 0. The van der Waals surface area contributed by atoms with Gasteiger partial charge in [-0.15, -0.1) is 0 Å². The lowest BCUT2D eigenvalue weighted by Gasteiger charge is -2.10. The van der Waals surface area contributed by atoms with Crippen molar-refractivity contribution >= 4 is 5.69 Å². The zero-order chi connectivity index (χ0) is 18.9. The van der Waals surface area contributed by atoms with Gasteiger partial charge in [-0.1, -0.05) is 24.3 Å². The highest BCUT2D eigenvalue weighted by atomic mass is 19.4. The number of hydrogen-bond donors (Lipinski definition) is 2. The van der Waals surface area contributed by atoms with Crippen LogP contribution in [0.2, 0.25) is 0 Å². The molecule has 0 saturated heterocycles. The summed E-state index contributed by atoms with van der Waals surface area (Å²) < 4.78 is 66.4. The Bertz CT molecular complexity index is 931. The van der Waals surface area contributed by atoms with Crippen molar-refractivity contribution in [2.45, 2.75) is 19.6 Å². The summed E-state index contributed by atoms with van der Waals surface area (Å²) >= 11 is 0. The molecule has 0 bridgehead atoms. The first-order valence-corrected chi connectivity index (χ1v) is 7.66. The second-order valence-electron chi connectivity index (χ2n) is 5.71. The molecule has 136 valence electrons. The van der Waals surface area contributed by atoms with Gasteiger partial charge in [0.25, 0.3) is 0 Å². The first kappa shape index (κ1) is 17.9. The van der Waals surface area contributed by atoms with Crippen molar-refractivity contribution in [1.82, 2.24) is 10.2 Å². The Hall–Kier alpha value is -2.90. The highest BCUT2D eigenvalue weighted by molar-refractivity contribution is 5.67. The normalized spacial score (nSPS) is 11.6. The molecule has 26 heavy (non-hydrogen) atoms. The average Bonchev–Trinajstić information content (AvgIpc) is 2.97. The number of nitrogens with one attached hydrogen (secondary N) is 2. The lowest BCUT2D eigenvalue weighted by molar-refractivity contribution is -0.141. The molecule has 0 aliphatic heterocycles. The van der Waals surface area contributed by atoms with Crippen LogP contribution >= 0.6 is 0 Å². The van der Waals surface area contributed by atoms with Crippen molar-refractivity contribution in [3.63, 3.8) is 0 Å². The Kier molecular flexibility index (Phi) is 4.67. The van der Waals surface area contributed by atoms with Gasteiger partial charge in [0.15, 0.2) is 0 Å². The van der Waals surface area contributed by atoms with Gasteiger partial charge >= 0.3 is 6.18 Å². The molecule has 0 fully saturated rings. The minimum absolute atomic E-state index is 0.0249. The maximum atomic E-state index is 14.3. The highest BCUT2D eigenvalue weighted by Crippen LogP contribution is 2.35. The van der Waals surface area contributed by atoms with E-state index in [2.05, 4.69) is 10.4 Å². The number of rotatable bonds is 4. The second kappa shape index (κ2) is 6.78. The zero-order valence-corrected chi connectivity index (χ0v) is 13.6. The molecule has 1 aromatic heterocycles. The van der Waals surface area contributed by atoms with Crippen LogP contribution in [0.3, 0.4) is 0 Å². The van der Waals surface area contributed by atoms with E-state index in [-0.39, 0.29) is 29.1 Å². The Morgan fingerprint density at radius 2 is 1.77 bits per heavy atom. The number of alkyl halides is 3. The number of aromatic amines is 1. The summed E-state index contributed by atoms with van der Waals surface area (Å²) in [5.74, 6) is -1.08. The maximum Gasteiger partial charge on any atom is 0.433 e. The molecular weight excluding hydrogens is 353 g/mol. The summed E-state index contributed by atoms with van der Waals surface area (Å²) in [7, 11) is 0. The van der Waals surface area contributed by atoms with Gasteiger partial charge in [0.2, 0.25) is 0 Å². The second-order valence-corrected chi connectivity index (χ2v) is 5.71. The molecular formula is C18H14F5N3. The zero-order valence-electron chi connectivity index (χ0n) is 13.6. The molecule has 0 unspecified atom stereocenters. The number of halogens is 5. The number of anilines is 1. The van der Waals surface area contributed by atoms with Crippen LogP contribution < -0.4 is 5.32 Å². The van der Waals surface area contributed by atoms with E-state index in [1.165, 1.54) is 25.1 Å². The van der Waals surface area contributed by atoms with E-state index in [1.54, 1.807) is 18.2 Å². The van der Waals surface area contributed by atoms with Gasteiger partial charge in [-0.25, -0.2) is 8.78 Å². The van der Waals surface area contributed by atoms with E-state index in [9.17, 15) is 22.0 Å². The molecule has 0 radical (unpaired) electrons. The number of hydrogen-bond acceptors (Lipinski definition) is 2. The van der Waals surface area contributed by atoms with Crippen molar-refractivity contribution in [3.05, 3.63) is 70.9 Å². The monoisotopic (exact) mass is 367 g/mol. The van der Waals surface area contributed by atoms with Crippen molar-refractivity contribution in [2.75, 3.05) is 5.32 Å². The van der Waals surface area contributed by atoms with Gasteiger partial charge in [0.05, 0.1) is 11.4 Å². The standard InChI is InChI=1S/C18H14F5N3/c1-10-16(25-26-17(10)18(21,22)23)11-6-7-15(14(20)8-11)24-9-12-4-2-3-5-13(12)19/h2-8,24H,9H2,1H3,(H,25,26). The number of benzene rings is 2. The van der Waals surface area contributed by atoms with Crippen molar-refractivity contribution in [3.8, 4) is 11.3 Å². The Morgan fingerprint density at radius 1 is 1.04 bits per heavy atom. The van der Waals surface area contributed by atoms with Crippen LogP contribution in [0.4, 0.5) is 27.6 Å². The predicted molar refractivity (Wildman–Crippen MR) is 87.4 cm³/mol. The molecule has 3 rings (SSSR count). The van der Waals surface area contributed by atoms with Crippen molar-refractivity contribution in [1.29, 1.82) is 0 Å². The predicted octanol–water partition coefficient (Wildman–Crippen LogP) is 5.29. The quantitative estimate of drug-likeness (QED) is 0.615. The Balaban J connectivity index is 1.82. The fourth-order valence-corrected chi connectivity index (χ4v) is 2.59. The molecule has 3 nitrogen and oxygen atoms in total. The fourth-order valence-electron chi connectivity index (χ4n) is 2.59. The molecule has 0 aliphatic carbocycles. The number of aromatic nitrogens is 2. The number of nitrogens with zero attached hydrogens (tertiary/aromatic N) is 1. The Labute approximate surface area is 145 Å². The third-order valence-corrected chi connectivity index (χ3v) is 3.96. The molecule has 8 heteroatoms. The molecule has 3 aromatic rings. The molecule has 2 N–H and O–H groups in total. The van der Waals surface area contributed by atoms with Gasteiger partial charge in [-0.3, -0.25) is 5.10 Å². The molecule has 0 saturated carbocycles. The van der Waals surface area contributed by atoms with Crippen LogP contribution in [0.5, 0.6) is 0 Å². The van der Waals surface area contributed by atoms with Crippen LogP contribution in [0.15, 0.2) is 42.5 Å². The topological polar surface area (TPSA) is 40.7 Å². The highest BCUT2D eigenvalue weighted by Gasteiger charge is 2.36. The molecule has 0 aliphatic rings. The van der Waals surface area contributed by atoms with Crippen LogP contribution in [-0.2, 0) is 12.7 Å². The van der Waals surface area contributed by atoms with E-state index in [1.807, 2.05) is 5.10 Å². The third kappa shape index (κ3) is 3.54. The van der Waals surface area contributed by atoms with Crippen LogP contribution in [0, 0.1) is 18.6 Å². The Morgan fingerprint density at radius 3 is 2.38 bits per heavy atom. The average molecular weight is 367 g/mol. The number of H-pyrrole nitrogens is 1. The third-order valence-electron chi connectivity index (χ3n) is 3.96. The molecule has 0 amide bonds. The molecule has 0 atom stereocenters. The smallest absolute Gasteiger partial charge is 0.378 e. The van der Waals surface area contributed by atoms with Gasteiger partial charge in [0.1, 0.15) is 17.3 Å². The van der Waals surface area contributed by atoms with E-state index in [4.69, 9.17) is 0 Å². The van der Waals surface area contributed by atoms with Crippen LogP contribution in [0.1, 0.15) is 16.8 Å². The SMILES string of the molecule is Cc1c(-c2ccc(NCc3ccccc3F)c(F)c2)n[nH]c1C(F)(F)F. The summed E-state index contributed by atoms with van der Waals surface area (Å²) in [6.07, 6.45) is -4.56. The van der Waals surface area contributed by atoms with E-state index in [0.29, 0.717) is 5.56 Å². The fraction of sp³-hybridized carbons (Fsp3) is 0.167. The van der Waals surface area contributed by atoms with Gasteiger partial charge in [-0.05, 0) is 25.1 Å². The largest absolute Gasteiger partial charge is 0.433 e. The van der Waals surface area contributed by atoms with E-state index in [0.717, 1.165) is 6.07 Å². The first-order valence-electron chi connectivity index (χ1n) is 7.66. The van der Waals surface area contributed by atoms with E-state index < -0.39 is 23.5 Å². The van der Waals surface area contributed by atoms with Crippen molar-refractivity contribution < 1.29 is 22.0 Å². The van der Waals surface area contributed by atoms with Gasteiger partial charge in [0, 0.05) is 23.2 Å². The lowest BCUT2D eigenvalue weighted by atomic mass is 10.1. The van der Waals surface area contributed by atoms with Gasteiger partial charge < -0.3 is 5.32 Å². The minimum Gasteiger partial charge on any atom is -0.378 e. The van der Waals surface area contributed by atoms with Crippen LogP contribution in [-0.4, -0.2) is 10.2 Å². The maximum absolute atomic E-state index is 14.3. The molecule has 2 aromatic carbocycles. The van der Waals surface area contributed by atoms with Crippen LogP contribution in [0.25, 0.3) is 11.3 Å². The molecule has 0 spiro atoms. The summed E-state index contributed by atoms with van der Waals surface area (Å²) in [5.41, 5.74) is -0.353. The summed E-state index contributed by atoms with van der Waals surface area (Å²) in [6.45, 7) is 1.34. The minimum atomic E-state index is -4.56. The first-order chi connectivity index (χ1) is 12.3.